The van der Waals surface area contributed by atoms with E-state index in [0.29, 0.717) is 18.9 Å². The monoisotopic (exact) mass is 275 g/mol. The normalized spacial score (nSPS) is 19.5. The van der Waals surface area contributed by atoms with Gasteiger partial charge in [0.1, 0.15) is 5.82 Å². The van der Waals surface area contributed by atoms with Gasteiger partial charge in [-0.15, -0.1) is 0 Å². The third kappa shape index (κ3) is 3.50. The van der Waals surface area contributed by atoms with Crippen LogP contribution >= 0.6 is 0 Å². The number of nitrogens with one attached hydrogen (secondary N) is 1. The molecule has 0 bridgehead atoms. The number of hydrogen-bond acceptors (Lipinski definition) is 3. The number of likely N-dealkylation sites (tertiary alicyclic amines) is 1. The molecule has 4 nitrogen and oxygen atoms in total. The van der Waals surface area contributed by atoms with E-state index in [0.717, 1.165) is 24.5 Å². The highest BCUT2D eigenvalue weighted by Gasteiger charge is 2.36. The Labute approximate surface area is 121 Å². The lowest BCUT2D eigenvalue weighted by molar-refractivity contribution is -0.128. The van der Waals surface area contributed by atoms with Gasteiger partial charge < -0.3 is 10.2 Å². The second-order valence-corrected chi connectivity index (χ2v) is 6.62. The van der Waals surface area contributed by atoms with Crippen molar-refractivity contribution in [2.24, 2.45) is 11.3 Å². The van der Waals surface area contributed by atoms with E-state index < -0.39 is 0 Å². The Hall–Kier alpha value is -1.58. The van der Waals surface area contributed by atoms with Crippen LogP contribution < -0.4 is 5.32 Å². The summed E-state index contributed by atoms with van der Waals surface area (Å²) in [5, 5.41) is 3.17. The Morgan fingerprint density at radius 3 is 2.65 bits per heavy atom. The maximum absolute atomic E-state index is 12.1. The maximum atomic E-state index is 12.1. The highest BCUT2D eigenvalue weighted by atomic mass is 16.2. The van der Waals surface area contributed by atoms with Gasteiger partial charge in [-0.05, 0) is 29.9 Å². The standard InChI is InChI=1S/C16H25N3O/c1-5-17-14-7-6-12(9-18-14)10-19-11-13(8-15(19)20)16(2,3)4/h6-7,9,13H,5,8,10-11H2,1-4H3,(H,17,18). The molecule has 1 N–H and O–H groups in total. The van der Waals surface area contributed by atoms with Crippen molar-refractivity contribution in [3.63, 3.8) is 0 Å². The highest BCUT2D eigenvalue weighted by molar-refractivity contribution is 5.78. The van der Waals surface area contributed by atoms with Gasteiger partial charge in [-0.25, -0.2) is 4.98 Å². The fourth-order valence-electron chi connectivity index (χ4n) is 2.53. The molecule has 1 unspecified atom stereocenters. The molecule has 1 fully saturated rings. The smallest absolute Gasteiger partial charge is 0.223 e. The zero-order valence-electron chi connectivity index (χ0n) is 12.9. The molecule has 0 aliphatic carbocycles. The number of carbonyl (C=O) groups excluding carboxylic acids is 1. The number of rotatable bonds is 4. The average Bonchev–Trinajstić information content (AvgIpc) is 2.74. The Balaban J connectivity index is 1.98. The van der Waals surface area contributed by atoms with E-state index >= 15 is 0 Å². The van der Waals surface area contributed by atoms with Crippen LogP contribution in [0.4, 0.5) is 5.82 Å². The molecular formula is C16H25N3O. The Kier molecular flexibility index (Phi) is 4.31. The number of carbonyl (C=O) groups is 1. The first-order chi connectivity index (χ1) is 9.40. The van der Waals surface area contributed by atoms with Gasteiger partial charge in [0.2, 0.25) is 5.91 Å². The van der Waals surface area contributed by atoms with Gasteiger partial charge in [-0.1, -0.05) is 26.8 Å². The van der Waals surface area contributed by atoms with Gasteiger partial charge in [-0.3, -0.25) is 4.79 Å². The number of amides is 1. The van der Waals surface area contributed by atoms with Crippen molar-refractivity contribution in [3.05, 3.63) is 23.9 Å². The van der Waals surface area contributed by atoms with Gasteiger partial charge in [-0.2, -0.15) is 0 Å². The zero-order valence-corrected chi connectivity index (χ0v) is 12.9. The lowest BCUT2D eigenvalue weighted by atomic mass is 9.80. The van der Waals surface area contributed by atoms with E-state index in [1.807, 2.05) is 30.2 Å². The van der Waals surface area contributed by atoms with Gasteiger partial charge in [0, 0.05) is 32.3 Å². The second-order valence-electron chi connectivity index (χ2n) is 6.62. The Bertz CT molecular complexity index is 462. The van der Waals surface area contributed by atoms with E-state index in [4.69, 9.17) is 0 Å². The minimum absolute atomic E-state index is 0.192. The largest absolute Gasteiger partial charge is 0.370 e. The Morgan fingerprint density at radius 1 is 1.40 bits per heavy atom. The second kappa shape index (κ2) is 5.81. The summed E-state index contributed by atoms with van der Waals surface area (Å²) >= 11 is 0. The van der Waals surface area contributed by atoms with Crippen molar-refractivity contribution in [3.8, 4) is 0 Å². The molecule has 0 aromatic carbocycles. The van der Waals surface area contributed by atoms with Gasteiger partial charge in [0.05, 0.1) is 0 Å². The summed E-state index contributed by atoms with van der Waals surface area (Å²) in [5.74, 6) is 1.60. The Morgan fingerprint density at radius 2 is 2.15 bits per heavy atom. The molecule has 2 rings (SSSR count). The summed E-state index contributed by atoms with van der Waals surface area (Å²) in [6.45, 7) is 11.1. The molecule has 0 spiro atoms. The molecule has 1 amide bonds. The fourth-order valence-corrected chi connectivity index (χ4v) is 2.53. The topological polar surface area (TPSA) is 45.2 Å². The number of nitrogens with zero attached hydrogens (tertiary/aromatic N) is 2. The molecule has 1 aliphatic heterocycles. The molecule has 110 valence electrons. The van der Waals surface area contributed by atoms with Crippen molar-refractivity contribution in [1.82, 2.24) is 9.88 Å². The first kappa shape index (κ1) is 14.8. The first-order valence-electron chi connectivity index (χ1n) is 7.36. The summed E-state index contributed by atoms with van der Waals surface area (Å²) in [4.78, 5) is 18.4. The molecule has 20 heavy (non-hydrogen) atoms. The highest BCUT2D eigenvalue weighted by Crippen LogP contribution is 2.34. The van der Waals surface area contributed by atoms with Crippen LogP contribution in [-0.2, 0) is 11.3 Å². The summed E-state index contributed by atoms with van der Waals surface area (Å²) in [6, 6.07) is 4.02. The number of hydrogen-bond donors (Lipinski definition) is 1. The average molecular weight is 275 g/mol. The number of anilines is 1. The minimum Gasteiger partial charge on any atom is -0.370 e. The molecule has 1 aliphatic rings. The van der Waals surface area contributed by atoms with Crippen LogP contribution in [0.2, 0.25) is 0 Å². The molecule has 2 heterocycles. The third-order valence-electron chi connectivity index (χ3n) is 4.00. The first-order valence-corrected chi connectivity index (χ1v) is 7.36. The van der Waals surface area contributed by atoms with E-state index in [9.17, 15) is 4.79 Å². The van der Waals surface area contributed by atoms with Crippen LogP contribution in [0.25, 0.3) is 0 Å². The molecule has 1 saturated heterocycles. The van der Waals surface area contributed by atoms with Crippen molar-refractivity contribution in [2.75, 3.05) is 18.4 Å². The summed E-state index contributed by atoms with van der Waals surface area (Å²) < 4.78 is 0. The van der Waals surface area contributed by atoms with E-state index in [-0.39, 0.29) is 11.3 Å². The van der Waals surface area contributed by atoms with Crippen molar-refractivity contribution >= 4 is 11.7 Å². The van der Waals surface area contributed by atoms with E-state index in [2.05, 4.69) is 31.1 Å². The predicted octanol–water partition coefficient (Wildman–Crippen LogP) is 2.91. The van der Waals surface area contributed by atoms with Crippen LogP contribution in [0, 0.1) is 11.3 Å². The van der Waals surface area contributed by atoms with Gasteiger partial charge in [0.15, 0.2) is 0 Å². The maximum Gasteiger partial charge on any atom is 0.223 e. The number of aromatic nitrogens is 1. The van der Waals surface area contributed by atoms with Crippen molar-refractivity contribution in [2.45, 2.75) is 40.7 Å². The van der Waals surface area contributed by atoms with Crippen LogP contribution in [0.5, 0.6) is 0 Å². The fraction of sp³-hybridized carbons (Fsp3) is 0.625. The molecule has 1 atom stereocenters. The van der Waals surface area contributed by atoms with Crippen molar-refractivity contribution in [1.29, 1.82) is 0 Å². The minimum atomic E-state index is 0.192. The summed E-state index contributed by atoms with van der Waals surface area (Å²) in [5.41, 5.74) is 1.28. The molecular weight excluding hydrogens is 250 g/mol. The molecule has 1 aromatic heterocycles. The predicted molar refractivity (Wildman–Crippen MR) is 81.4 cm³/mol. The molecule has 1 aromatic rings. The van der Waals surface area contributed by atoms with Crippen molar-refractivity contribution < 1.29 is 4.79 Å². The van der Waals surface area contributed by atoms with Crippen LogP contribution in [0.15, 0.2) is 18.3 Å². The summed E-state index contributed by atoms with van der Waals surface area (Å²) in [7, 11) is 0. The van der Waals surface area contributed by atoms with Gasteiger partial charge in [0.25, 0.3) is 0 Å². The molecule has 4 heteroatoms. The lowest BCUT2D eigenvalue weighted by Crippen LogP contribution is -2.27. The van der Waals surface area contributed by atoms with Crippen LogP contribution in [0.1, 0.15) is 39.7 Å². The SMILES string of the molecule is CCNc1ccc(CN2CC(C(C)(C)C)CC2=O)cn1. The van der Waals surface area contributed by atoms with E-state index in [1.165, 1.54) is 0 Å². The molecule has 0 saturated carbocycles. The third-order valence-corrected chi connectivity index (χ3v) is 4.00. The quantitative estimate of drug-likeness (QED) is 0.919. The van der Waals surface area contributed by atoms with Gasteiger partial charge >= 0.3 is 0 Å². The van der Waals surface area contributed by atoms with E-state index in [1.54, 1.807) is 0 Å². The van der Waals surface area contributed by atoms with Crippen LogP contribution in [-0.4, -0.2) is 28.9 Å². The number of pyridine rings is 1. The lowest BCUT2D eigenvalue weighted by Gasteiger charge is -2.26. The molecule has 0 radical (unpaired) electrons. The zero-order chi connectivity index (χ0) is 14.8. The van der Waals surface area contributed by atoms with Crippen LogP contribution in [0.3, 0.4) is 0 Å². The summed E-state index contributed by atoms with van der Waals surface area (Å²) in [6.07, 6.45) is 2.53.